The van der Waals surface area contributed by atoms with Gasteiger partial charge in [0, 0.05) is 26.2 Å². The maximum Gasteiger partial charge on any atom is 0.288 e. The molecule has 3 heterocycles. The number of H-pyrrole nitrogens is 1. The molecular weight excluding hydrogens is 223 g/mol. The number of fused-ring (bicyclic) bond motifs is 1. The van der Waals surface area contributed by atoms with Crippen LogP contribution in [0.1, 0.15) is 5.69 Å². The van der Waals surface area contributed by atoms with Gasteiger partial charge in [-0.05, 0) is 18.8 Å². The highest BCUT2D eigenvalue weighted by Gasteiger charge is 2.37. The minimum absolute atomic E-state index is 0.166. The monoisotopic (exact) mass is 238 g/mol. The van der Waals surface area contributed by atoms with Crippen molar-refractivity contribution >= 4 is 5.95 Å². The van der Waals surface area contributed by atoms with E-state index in [0.717, 1.165) is 26.2 Å². The minimum Gasteiger partial charge on any atom is -0.342 e. The molecule has 2 unspecified atom stereocenters. The molecule has 2 saturated heterocycles. The van der Waals surface area contributed by atoms with Crippen LogP contribution in [0, 0.1) is 24.6 Å². The van der Waals surface area contributed by atoms with Crippen LogP contribution in [0.3, 0.4) is 0 Å². The lowest BCUT2D eigenvalue weighted by Crippen LogP contribution is -2.29. The standard InChI is InChI=1S/C11H15FN4O/c1-6-9(12)10(17)15-11(14-6)16-4-7-2-13-3-8(7)5-16/h7-8,13H,2-5H2,1H3,(H,14,15,17). The molecule has 0 saturated carbocycles. The van der Waals surface area contributed by atoms with Crippen molar-refractivity contribution in [2.45, 2.75) is 6.92 Å². The molecule has 0 bridgehead atoms. The lowest BCUT2D eigenvalue weighted by Gasteiger charge is -2.18. The van der Waals surface area contributed by atoms with Gasteiger partial charge in [0.05, 0.1) is 5.69 Å². The molecule has 1 aromatic rings. The largest absolute Gasteiger partial charge is 0.342 e. The van der Waals surface area contributed by atoms with Crippen LogP contribution in [-0.4, -0.2) is 36.1 Å². The topological polar surface area (TPSA) is 61.0 Å². The summed E-state index contributed by atoms with van der Waals surface area (Å²) < 4.78 is 13.2. The Morgan fingerprint density at radius 1 is 1.35 bits per heavy atom. The number of aromatic nitrogens is 2. The van der Waals surface area contributed by atoms with E-state index in [-0.39, 0.29) is 5.69 Å². The average molecular weight is 238 g/mol. The highest BCUT2D eigenvalue weighted by molar-refractivity contribution is 5.33. The van der Waals surface area contributed by atoms with E-state index in [4.69, 9.17) is 0 Å². The molecule has 0 radical (unpaired) electrons. The van der Waals surface area contributed by atoms with Crippen molar-refractivity contribution in [1.82, 2.24) is 15.3 Å². The molecule has 1 aromatic heterocycles. The molecule has 0 amide bonds. The van der Waals surface area contributed by atoms with Crippen LogP contribution in [0.2, 0.25) is 0 Å². The Hall–Kier alpha value is -1.43. The van der Waals surface area contributed by atoms with Crippen LogP contribution in [0.4, 0.5) is 10.3 Å². The van der Waals surface area contributed by atoms with E-state index < -0.39 is 11.4 Å². The Morgan fingerprint density at radius 2 is 2.00 bits per heavy atom. The second kappa shape index (κ2) is 3.80. The van der Waals surface area contributed by atoms with Crippen molar-refractivity contribution in [2.75, 3.05) is 31.1 Å². The second-order valence-corrected chi connectivity index (χ2v) is 4.87. The smallest absolute Gasteiger partial charge is 0.288 e. The quantitative estimate of drug-likeness (QED) is 0.715. The minimum atomic E-state index is -0.783. The van der Waals surface area contributed by atoms with Crippen LogP contribution in [0.25, 0.3) is 0 Å². The van der Waals surface area contributed by atoms with Gasteiger partial charge < -0.3 is 10.2 Å². The van der Waals surface area contributed by atoms with Crippen molar-refractivity contribution in [1.29, 1.82) is 0 Å². The van der Waals surface area contributed by atoms with Crippen molar-refractivity contribution in [3.63, 3.8) is 0 Å². The number of rotatable bonds is 1. The van der Waals surface area contributed by atoms with Gasteiger partial charge in [0.2, 0.25) is 11.8 Å². The van der Waals surface area contributed by atoms with E-state index in [1.54, 1.807) is 0 Å². The number of hydrogen-bond acceptors (Lipinski definition) is 4. The summed E-state index contributed by atoms with van der Waals surface area (Å²) in [5, 5.41) is 3.35. The normalized spacial score (nSPS) is 27.5. The third-order valence-corrected chi connectivity index (χ3v) is 3.70. The van der Waals surface area contributed by atoms with E-state index in [2.05, 4.69) is 15.3 Å². The van der Waals surface area contributed by atoms with E-state index in [9.17, 15) is 9.18 Å². The highest BCUT2D eigenvalue weighted by atomic mass is 19.1. The molecule has 0 aliphatic carbocycles. The van der Waals surface area contributed by atoms with Gasteiger partial charge in [0.15, 0.2) is 0 Å². The van der Waals surface area contributed by atoms with Crippen molar-refractivity contribution in [3.8, 4) is 0 Å². The fourth-order valence-corrected chi connectivity index (χ4v) is 2.73. The molecule has 5 nitrogen and oxygen atoms in total. The summed E-state index contributed by atoms with van der Waals surface area (Å²) in [6, 6.07) is 0. The first-order valence-corrected chi connectivity index (χ1v) is 5.87. The van der Waals surface area contributed by atoms with Crippen LogP contribution in [0.5, 0.6) is 0 Å². The summed E-state index contributed by atoms with van der Waals surface area (Å²) in [6.07, 6.45) is 0. The maximum atomic E-state index is 13.2. The predicted molar refractivity (Wildman–Crippen MR) is 61.6 cm³/mol. The lowest BCUT2D eigenvalue weighted by atomic mass is 10.0. The first-order valence-electron chi connectivity index (χ1n) is 5.87. The fourth-order valence-electron chi connectivity index (χ4n) is 2.73. The predicted octanol–water partition coefficient (Wildman–Crippen LogP) is -0.127. The zero-order chi connectivity index (χ0) is 12.0. The van der Waals surface area contributed by atoms with Crippen LogP contribution in [-0.2, 0) is 0 Å². The van der Waals surface area contributed by atoms with Crippen molar-refractivity contribution in [2.24, 2.45) is 11.8 Å². The summed E-state index contributed by atoms with van der Waals surface area (Å²) in [5.74, 6) is 0.953. The van der Waals surface area contributed by atoms with Crippen LogP contribution in [0.15, 0.2) is 4.79 Å². The second-order valence-electron chi connectivity index (χ2n) is 4.87. The van der Waals surface area contributed by atoms with Gasteiger partial charge >= 0.3 is 0 Å². The van der Waals surface area contributed by atoms with E-state index >= 15 is 0 Å². The number of anilines is 1. The van der Waals surface area contributed by atoms with Gasteiger partial charge in [-0.3, -0.25) is 9.78 Å². The van der Waals surface area contributed by atoms with Gasteiger partial charge in [-0.25, -0.2) is 4.98 Å². The van der Waals surface area contributed by atoms with E-state index in [1.165, 1.54) is 6.92 Å². The van der Waals surface area contributed by atoms with E-state index in [1.807, 2.05) is 4.90 Å². The summed E-state index contributed by atoms with van der Waals surface area (Å²) in [5.41, 5.74) is -0.512. The number of aryl methyl sites for hydroxylation is 1. The first kappa shape index (κ1) is 10.7. The molecule has 2 fully saturated rings. The number of halogens is 1. The van der Waals surface area contributed by atoms with Crippen LogP contribution >= 0.6 is 0 Å². The third-order valence-electron chi connectivity index (χ3n) is 3.70. The summed E-state index contributed by atoms with van der Waals surface area (Å²) in [4.78, 5) is 20.0. The molecule has 0 aromatic carbocycles. The molecule has 17 heavy (non-hydrogen) atoms. The molecule has 6 heteroatoms. The third kappa shape index (κ3) is 1.72. The Bertz CT molecular complexity index is 489. The number of nitrogens with one attached hydrogen (secondary N) is 2. The number of nitrogens with zero attached hydrogens (tertiary/aromatic N) is 2. The SMILES string of the molecule is Cc1nc(N2CC3CNCC3C2)[nH]c(=O)c1F. The average Bonchev–Trinajstić information content (AvgIpc) is 2.84. The Balaban J connectivity index is 1.88. The zero-order valence-corrected chi connectivity index (χ0v) is 9.66. The maximum absolute atomic E-state index is 13.2. The summed E-state index contributed by atoms with van der Waals surface area (Å²) in [6.45, 7) is 5.32. The Kier molecular flexibility index (Phi) is 2.39. The molecular formula is C11H15FN4O. The van der Waals surface area contributed by atoms with Crippen LogP contribution < -0.4 is 15.8 Å². The molecule has 2 aliphatic heterocycles. The zero-order valence-electron chi connectivity index (χ0n) is 9.66. The highest BCUT2D eigenvalue weighted by Crippen LogP contribution is 2.28. The summed E-state index contributed by atoms with van der Waals surface area (Å²) in [7, 11) is 0. The first-order chi connectivity index (χ1) is 8.15. The van der Waals surface area contributed by atoms with Gasteiger partial charge in [0.1, 0.15) is 0 Å². The molecule has 3 rings (SSSR count). The Morgan fingerprint density at radius 3 is 2.59 bits per heavy atom. The lowest BCUT2D eigenvalue weighted by molar-refractivity contribution is 0.533. The fraction of sp³-hybridized carbons (Fsp3) is 0.636. The summed E-state index contributed by atoms with van der Waals surface area (Å²) >= 11 is 0. The molecule has 2 N–H and O–H groups in total. The van der Waals surface area contributed by atoms with E-state index in [0.29, 0.717) is 17.8 Å². The number of aromatic amines is 1. The van der Waals surface area contributed by atoms with Gasteiger partial charge in [-0.1, -0.05) is 0 Å². The van der Waals surface area contributed by atoms with Crippen molar-refractivity contribution in [3.05, 3.63) is 21.9 Å². The van der Waals surface area contributed by atoms with Crippen molar-refractivity contribution < 1.29 is 4.39 Å². The van der Waals surface area contributed by atoms with Gasteiger partial charge in [-0.15, -0.1) is 0 Å². The molecule has 2 aliphatic rings. The van der Waals surface area contributed by atoms with Gasteiger partial charge in [-0.2, -0.15) is 4.39 Å². The van der Waals surface area contributed by atoms with Gasteiger partial charge in [0.25, 0.3) is 5.56 Å². The molecule has 2 atom stereocenters. The molecule has 0 spiro atoms. The Labute approximate surface area is 98.1 Å². The molecule has 92 valence electrons. The number of hydrogen-bond donors (Lipinski definition) is 2.